The molecule has 0 bridgehead atoms. The molecule has 1 aromatic heterocycles. The number of nitrogens with zero attached hydrogens (tertiary/aromatic N) is 1. The summed E-state index contributed by atoms with van der Waals surface area (Å²) in [7, 11) is 0. The molecule has 0 aromatic carbocycles. The van der Waals surface area contributed by atoms with Crippen LogP contribution in [0.4, 0.5) is 0 Å². The summed E-state index contributed by atoms with van der Waals surface area (Å²) in [5.74, 6) is 0. The van der Waals surface area contributed by atoms with E-state index in [2.05, 4.69) is 22.6 Å². The van der Waals surface area contributed by atoms with Crippen LogP contribution in [0.3, 0.4) is 0 Å². The van der Waals surface area contributed by atoms with E-state index in [1.54, 1.807) is 12.3 Å². The van der Waals surface area contributed by atoms with Gasteiger partial charge < -0.3 is 5.21 Å². The number of pyridine rings is 1. The molecule has 0 saturated carbocycles. The maximum atomic E-state index is 10.6. The molecular formula is C6H6INO. The first-order valence-corrected chi connectivity index (χ1v) is 3.63. The molecule has 0 aliphatic heterocycles. The molecule has 0 amide bonds. The third kappa shape index (κ3) is 1.54. The highest BCUT2D eigenvalue weighted by atomic mass is 127. The molecule has 0 spiro atoms. The molecule has 0 aliphatic carbocycles. The lowest BCUT2D eigenvalue weighted by molar-refractivity contribution is -0.606. The van der Waals surface area contributed by atoms with E-state index in [0.717, 1.165) is 13.9 Å². The summed E-state index contributed by atoms with van der Waals surface area (Å²) >= 11 is 2.13. The summed E-state index contributed by atoms with van der Waals surface area (Å²) < 4.78 is 1.81. The molecule has 1 aromatic rings. The number of rotatable bonds is 0. The summed E-state index contributed by atoms with van der Waals surface area (Å²) in [5.41, 5.74) is 1.14. The number of halogens is 1. The molecule has 0 saturated heterocycles. The Morgan fingerprint density at radius 1 is 1.67 bits per heavy atom. The number of hydrogen-bond acceptors (Lipinski definition) is 1. The van der Waals surface area contributed by atoms with Crippen LogP contribution in [-0.4, -0.2) is 0 Å². The molecule has 0 radical (unpaired) electrons. The highest BCUT2D eigenvalue weighted by molar-refractivity contribution is 14.1. The van der Waals surface area contributed by atoms with Gasteiger partial charge in [0.25, 0.3) is 0 Å². The molecule has 0 atom stereocenters. The van der Waals surface area contributed by atoms with Crippen molar-refractivity contribution in [3.63, 3.8) is 0 Å². The second-order valence-corrected chi connectivity index (χ2v) is 3.00. The second kappa shape index (κ2) is 2.51. The van der Waals surface area contributed by atoms with Crippen LogP contribution in [-0.2, 0) is 0 Å². The van der Waals surface area contributed by atoms with Crippen molar-refractivity contribution in [1.29, 1.82) is 0 Å². The van der Waals surface area contributed by atoms with Gasteiger partial charge in [0.15, 0.2) is 12.4 Å². The van der Waals surface area contributed by atoms with Crippen molar-refractivity contribution in [3.05, 3.63) is 32.8 Å². The van der Waals surface area contributed by atoms with Crippen molar-refractivity contribution < 1.29 is 4.73 Å². The summed E-state index contributed by atoms with van der Waals surface area (Å²) in [5, 5.41) is 10.6. The van der Waals surface area contributed by atoms with Crippen molar-refractivity contribution in [3.8, 4) is 0 Å². The van der Waals surface area contributed by atoms with Gasteiger partial charge >= 0.3 is 0 Å². The predicted molar refractivity (Wildman–Crippen MR) is 42.9 cm³/mol. The fraction of sp³-hybridized carbons (Fsp3) is 0.167. The van der Waals surface area contributed by atoms with E-state index in [0.29, 0.717) is 0 Å². The highest BCUT2D eigenvalue weighted by Gasteiger charge is 1.95. The number of hydrogen-bond donors (Lipinski definition) is 0. The van der Waals surface area contributed by atoms with Crippen LogP contribution < -0.4 is 4.73 Å². The first kappa shape index (κ1) is 6.80. The van der Waals surface area contributed by atoms with Gasteiger partial charge in [0, 0.05) is 6.07 Å². The normalized spacial score (nSPS) is 9.56. The Bertz CT molecular complexity index is 224. The van der Waals surface area contributed by atoms with Crippen LogP contribution >= 0.6 is 22.6 Å². The Labute approximate surface area is 67.2 Å². The third-order valence-electron chi connectivity index (χ3n) is 1.09. The standard InChI is InChI=1S/C6H6INO/c1-5-2-3-8(9)4-6(5)7/h2-4H,1H3. The van der Waals surface area contributed by atoms with Gasteiger partial charge in [-0.1, -0.05) is 0 Å². The number of aryl methyl sites for hydroxylation is 1. The minimum atomic E-state index is 0.800. The Kier molecular flexibility index (Phi) is 1.90. The lowest BCUT2D eigenvalue weighted by atomic mass is 10.3. The SMILES string of the molecule is Cc1cc[n+]([O-])cc1I. The first-order chi connectivity index (χ1) is 4.20. The van der Waals surface area contributed by atoms with Crippen molar-refractivity contribution in [1.82, 2.24) is 0 Å². The van der Waals surface area contributed by atoms with Gasteiger partial charge in [-0.2, -0.15) is 4.73 Å². The van der Waals surface area contributed by atoms with E-state index in [-0.39, 0.29) is 0 Å². The van der Waals surface area contributed by atoms with Crippen molar-refractivity contribution in [2.45, 2.75) is 6.92 Å². The van der Waals surface area contributed by atoms with Crippen LogP contribution in [0.1, 0.15) is 5.56 Å². The fourth-order valence-corrected chi connectivity index (χ4v) is 0.976. The van der Waals surface area contributed by atoms with Gasteiger partial charge in [0.05, 0.1) is 3.57 Å². The Balaban J connectivity index is 3.17. The van der Waals surface area contributed by atoms with Crippen LogP contribution in [0.2, 0.25) is 0 Å². The van der Waals surface area contributed by atoms with Gasteiger partial charge in [-0.15, -0.1) is 0 Å². The second-order valence-electron chi connectivity index (χ2n) is 1.84. The molecule has 0 aliphatic rings. The minimum Gasteiger partial charge on any atom is -0.619 e. The van der Waals surface area contributed by atoms with Crippen LogP contribution in [0.15, 0.2) is 18.5 Å². The first-order valence-electron chi connectivity index (χ1n) is 2.55. The van der Waals surface area contributed by atoms with E-state index in [4.69, 9.17) is 0 Å². The van der Waals surface area contributed by atoms with Gasteiger partial charge in [0.1, 0.15) is 0 Å². The van der Waals surface area contributed by atoms with Crippen molar-refractivity contribution in [2.24, 2.45) is 0 Å². The molecule has 0 N–H and O–H groups in total. The molecule has 9 heavy (non-hydrogen) atoms. The molecule has 48 valence electrons. The Hall–Kier alpha value is -0.320. The highest BCUT2D eigenvalue weighted by Crippen LogP contribution is 2.05. The third-order valence-corrected chi connectivity index (χ3v) is 2.22. The summed E-state index contributed by atoms with van der Waals surface area (Å²) in [6, 6.07) is 1.80. The largest absolute Gasteiger partial charge is 0.619 e. The van der Waals surface area contributed by atoms with Crippen molar-refractivity contribution >= 4 is 22.6 Å². The lowest BCUT2D eigenvalue weighted by Crippen LogP contribution is -2.24. The quantitative estimate of drug-likeness (QED) is 0.377. The Morgan fingerprint density at radius 3 is 2.78 bits per heavy atom. The maximum absolute atomic E-state index is 10.6. The van der Waals surface area contributed by atoms with Gasteiger partial charge in [-0.05, 0) is 35.1 Å². The number of aromatic nitrogens is 1. The zero-order valence-corrected chi connectivity index (χ0v) is 7.12. The molecule has 1 rings (SSSR count). The zero-order chi connectivity index (χ0) is 6.85. The van der Waals surface area contributed by atoms with Gasteiger partial charge in [0.2, 0.25) is 0 Å². The summed E-state index contributed by atoms with van der Waals surface area (Å²) in [6.07, 6.45) is 3.05. The maximum Gasteiger partial charge on any atom is 0.193 e. The smallest absolute Gasteiger partial charge is 0.193 e. The van der Waals surface area contributed by atoms with Crippen LogP contribution in [0.25, 0.3) is 0 Å². The van der Waals surface area contributed by atoms with Gasteiger partial charge in [-0.25, -0.2) is 0 Å². The zero-order valence-electron chi connectivity index (χ0n) is 4.97. The van der Waals surface area contributed by atoms with Crippen LogP contribution in [0.5, 0.6) is 0 Å². The Morgan fingerprint density at radius 2 is 2.33 bits per heavy atom. The van der Waals surface area contributed by atoms with E-state index in [1.165, 1.54) is 6.20 Å². The predicted octanol–water partition coefficient (Wildman–Crippen LogP) is 1.23. The summed E-state index contributed by atoms with van der Waals surface area (Å²) in [4.78, 5) is 0. The van der Waals surface area contributed by atoms with E-state index >= 15 is 0 Å². The average molecular weight is 235 g/mol. The van der Waals surface area contributed by atoms with E-state index in [1.807, 2.05) is 6.92 Å². The lowest BCUT2D eigenvalue weighted by Gasteiger charge is -1.96. The molecule has 3 heteroatoms. The summed E-state index contributed by atoms with van der Waals surface area (Å²) in [6.45, 7) is 1.97. The molecule has 0 unspecified atom stereocenters. The van der Waals surface area contributed by atoms with E-state index < -0.39 is 0 Å². The topological polar surface area (TPSA) is 26.9 Å². The molecular weight excluding hydrogens is 229 g/mol. The fourth-order valence-electron chi connectivity index (χ4n) is 0.521. The molecule has 0 fully saturated rings. The monoisotopic (exact) mass is 235 g/mol. The van der Waals surface area contributed by atoms with E-state index in [9.17, 15) is 5.21 Å². The molecule has 1 heterocycles. The average Bonchev–Trinajstić information content (AvgIpc) is 1.80. The van der Waals surface area contributed by atoms with Crippen molar-refractivity contribution in [2.75, 3.05) is 0 Å². The minimum absolute atomic E-state index is 0.800. The van der Waals surface area contributed by atoms with Gasteiger partial charge in [-0.3, -0.25) is 0 Å². The molecule has 2 nitrogen and oxygen atoms in total. The van der Waals surface area contributed by atoms with Crippen LogP contribution in [0, 0.1) is 15.7 Å².